The Morgan fingerprint density at radius 1 is 0.941 bits per heavy atom. The van der Waals surface area contributed by atoms with Gasteiger partial charge in [0.1, 0.15) is 0 Å². The van der Waals surface area contributed by atoms with E-state index in [1.807, 2.05) is 47.6 Å². The Bertz CT molecular complexity index is 327. The molecule has 0 saturated carbocycles. The van der Waals surface area contributed by atoms with E-state index in [0.717, 1.165) is 0 Å². The monoisotopic (exact) mass is 258 g/mol. The van der Waals surface area contributed by atoms with Crippen LogP contribution in [0.15, 0.2) is 30.3 Å². The highest BCUT2D eigenvalue weighted by atomic mass is 32.2. The summed E-state index contributed by atoms with van der Waals surface area (Å²) in [5, 5.41) is 1.32. The molecule has 0 unspecified atom stereocenters. The Morgan fingerprint density at radius 2 is 1.35 bits per heavy atom. The first-order chi connectivity index (χ1) is 8.33. The van der Waals surface area contributed by atoms with Gasteiger partial charge in [-0.1, -0.05) is 59.7 Å². The number of benzene rings is 1. The molecule has 0 fully saturated rings. The molecular weight excluding hydrogens is 234 g/mol. The fourth-order valence-corrected chi connectivity index (χ4v) is 1.03. The summed E-state index contributed by atoms with van der Waals surface area (Å²) >= 11 is 0. The molecule has 0 spiro atoms. The fourth-order valence-electron chi connectivity index (χ4n) is 0.634. The van der Waals surface area contributed by atoms with Gasteiger partial charge < -0.3 is 8.93 Å². The van der Waals surface area contributed by atoms with Gasteiger partial charge in [-0.05, 0) is 12.1 Å². The quantitative estimate of drug-likeness (QED) is 0.640. The number of hydrogen-bond acceptors (Lipinski definition) is 3. The number of hydrogen-bond donors (Lipinski definition) is 1. The second kappa shape index (κ2) is 20.2. The summed E-state index contributed by atoms with van der Waals surface area (Å²) in [4.78, 5) is 9.82. The Hall–Kier alpha value is -1.25. The van der Waals surface area contributed by atoms with Crippen molar-refractivity contribution in [2.75, 3.05) is 4.72 Å². The SMILES string of the molecule is CC.CC.CC.O=C=[S-](=O)Nc1ccccc1. The van der Waals surface area contributed by atoms with Crippen LogP contribution in [0.5, 0.6) is 0 Å². The Labute approximate surface area is 107 Å². The minimum atomic E-state index is -1.73. The van der Waals surface area contributed by atoms with Crippen LogP contribution in [0.3, 0.4) is 0 Å². The molecule has 1 N–H and O–H groups in total. The van der Waals surface area contributed by atoms with Gasteiger partial charge in [-0.15, -0.1) is 10.6 Å². The molecule has 0 radical (unpaired) electrons. The number of anilines is 1. The predicted octanol–water partition coefficient (Wildman–Crippen LogP) is 4.12. The van der Waals surface area contributed by atoms with Crippen molar-refractivity contribution in [1.29, 1.82) is 0 Å². The summed E-state index contributed by atoms with van der Waals surface area (Å²) in [5.41, 5.74) is 0.647. The van der Waals surface area contributed by atoms with Crippen LogP contribution in [0, 0.1) is 0 Å². The van der Waals surface area contributed by atoms with Gasteiger partial charge in [0.05, 0.1) is 0 Å². The molecule has 0 bridgehead atoms. The Kier molecular flexibility index (Phi) is 25.0. The van der Waals surface area contributed by atoms with Crippen LogP contribution in [0.25, 0.3) is 0 Å². The molecule has 100 valence electrons. The largest absolute Gasteiger partial charge is 0.441 e. The molecule has 0 saturated heterocycles. The highest BCUT2D eigenvalue weighted by Crippen LogP contribution is 2.03. The van der Waals surface area contributed by atoms with Crippen LogP contribution < -0.4 is 4.72 Å². The average molecular weight is 258 g/mol. The van der Waals surface area contributed by atoms with E-state index in [9.17, 15) is 9.00 Å². The van der Waals surface area contributed by atoms with Gasteiger partial charge in [0.2, 0.25) is 0 Å². The van der Waals surface area contributed by atoms with Gasteiger partial charge in [0, 0.05) is 10.9 Å². The zero-order valence-electron chi connectivity index (χ0n) is 11.6. The zero-order valence-corrected chi connectivity index (χ0v) is 12.4. The highest BCUT2D eigenvalue weighted by Gasteiger charge is 1.79. The van der Waals surface area contributed by atoms with Crippen LogP contribution in [0.1, 0.15) is 41.5 Å². The number of rotatable bonds is 2. The lowest BCUT2D eigenvalue weighted by Gasteiger charge is -2.04. The summed E-state index contributed by atoms with van der Waals surface area (Å²) in [5.74, 6) is 0. The second-order valence-corrected chi connectivity index (χ2v) is 2.73. The van der Waals surface area contributed by atoms with E-state index in [1.54, 1.807) is 24.3 Å². The Morgan fingerprint density at radius 3 is 1.71 bits per heavy atom. The topological polar surface area (TPSA) is 46.2 Å². The normalized spacial score (nSPS) is 7.00. The standard InChI is InChI=1S/C7H6NO2S.3C2H6/c9-6-11(10)8-7-4-2-1-3-5-7;3*1-2/h1-5H,(H,8,10);3*1-2H3/q-1;;;. The number of nitrogens with one attached hydrogen (secondary N) is 1. The van der Waals surface area contributed by atoms with Crippen molar-refractivity contribution >= 4 is 21.5 Å². The summed E-state index contributed by atoms with van der Waals surface area (Å²) in [6, 6.07) is 8.83. The van der Waals surface area contributed by atoms with Gasteiger partial charge in [-0.3, -0.25) is 4.79 Å². The van der Waals surface area contributed by atoms with Gasteiger partial charge in [-0.2, -0.15) is 0 Å². The van der Waals surface area contributed by atoms with Crippen LogP contribution in [0.4, 0.5) is 5.69 Å². The van der Waals surface area contributed by atoms with E-state index in [-0.39, 0.29) is 0 Å². The molecule has 0 heterocycles. The molecule has 1 aromatic carbocycles. The van der Waals surface area contributed by atoms with Crippen molar-refractivity contribution in [1.82, 2.24) is 0 Å². The van der Waals surface area contributed by atoms with Crippen molar-refractivity contribution in [3.8, 4) is 0 Å². The molecule has 17 heavy (non-hydrogen) atoms. The van der Waals surface area contributed by atoms with Crippen molar-refractivity contribution in [3.63, 3.8) is 0 Å². The van der Waals surface area contributed by atoms with E-state index in [0.29, 0.717) is 5.69 Å². The molecule has 0 aliphatic rings. The molecular formula is C13H24NO2S-. The summed E-state index contributed by atoms with van der Waals surface area (Å²) in [6.45, 7) is 12.0. The smallest absolute Gasteiger partial charge is 0.0282 e. The lowest BCUT2D eigenvalue weighted by Crippen LogP contribution is -1.93. The molecule has 1 aromatic rings. The molecule has 1 rings (SSSR count). The van der Waals surface area contributed by atoms with Crippen LogP contribution in [-0.2, 0) is 19.6 Å². The van der Waals surface area contributed by atoms with Crippen molar-refractivity contribution in [2.24, 2.45) is 0 Å². The van der Waals surface area contributed by atoms with Gasteiger partial charge >= 0.3 is 0 Å². The summed E-state index contributed by atoms with van der Waals surface area (Å²) < 4.78 is 13.0. The third kappa shape index (κ3) is 14.8. The molecule has 3 nitrogen and oxygen atoms in total. The molecule has 0 aromatic heterocycles. The molecule has 0 aliphatic heterocycles. The maximum Gasteiger partial charge on any atom is 0.0282 e. The van der Waals surface area contributed by atoms with E-state index < -0.39 is 10.6 Å². The number of carbonyl (C=O) groups excluding carboxylic acids is 1. The van der Waals surface area contributed by atoms with E-state index in [2.05, 4.69) is 4.72 Å². The van der Waals surface area contributed by atoms with E-state index in [1.165, 1.54) is 5.23 Å². The third-order valence-corrected chi connectivity index (χ3v) is 1.63. The Balaban J connectivity index is -0.000000285. The van der Waals surface area contributed by atoms with Crippen molar-refractivity contribution in [2.45, 2.75) is 41.5 Å². The van der Waals surface area contributed by atoms with Gasteiger partial charge in [0.25, 0.3) is 0 Å². The van der Waals surface area contributed by atoms with Crippen LogP contribution >= 0.6 is 0 Å². The van der Waals surface area contributed by atoms with Crippen LogP contribution in [-0.4, -0.2) is 5.23 Å². The lowest BCUT2D eigenvalue weighted by atomic mass is 10.3. The predicted molar refractivity (Wildman–Crippen MR) is 77.9 cm³/mol. The fraction of sp³-hybridized carbons (Fsp3) is 0.462. The number of para-hydroxylation sites is 1. The highest BCUT2D eigenvalue weighted by molar-refractivity contribution is 7.84. The molecule has 0 atom stereocenters. The first kappa shape index (κ1) is 21.1. The van der Waals surface area contributed by atoms with E-state index in [4.69, 9.17) is 0 Å². The lowest BCUT2D eigenvalue weighted by molar-refractivity contribution is 0.567. The van der Waals surface area contributed by atoms with Gasteiger partial charge in [0.15, 0.2) is 0 Å². The van der Waals surface area contributed by atoms with Gasteiger partial charge in [-0.25, -0.2) is 0 Å². The maximum atomic E-state index is 10.6. The van der Waals surface area contributed by atoms with Crippen molar-refractivity contribution in [3.05, 3.63) is 30.3 Å². The third-order valence-electron chi connectivity index (χ3n) is 1.06. The molecule has 4 heteroatoms. The zero-order chi connectivity index (χ0) is 14.1. The van der Waals surface area contributed by atoms with Crippen molar-refractivity contribution < 1.29 is 9.00 Å². The molecule has 0 amide bonds. The second-order valence-electron chi connectivity index (χ2n) is 1.82. The maximum absolute atomic E-state index is 10.6. The molecule has 0 aliphatic carbocycles. The average Bonchev–Trinajstić information content (AvgIpc) is 2.46. The summed E-state index contributed by atoms with van der Waals surface area (Å²) in [6.07, 6.45) is 0. The summed E-state index contributed by atoms with van der Waals surface area (Å²) in [7, 11) is -1.73. The minimum Gasteiger partial charge on any atom is -0.441 e. The van der Waals surface area contributed by atoms with E-state index >= 15 is 0 Å². The minimum absolute atomic E-state index is 0.647. The van der Waals surface area contributed by atoms with Crippen LogP contribution in [0.2, 0.25) is 0 Å². The first-order valence-corrected chi connectivity index (χ1v) is 7.09. The first-order valence-electron chi connectivity index (χ1n) is 5.94.